The van der Waals surface area contributed by atoms with Crippen LogP contribution < -0.4 is 15.5 Å². The number of rotatable bonds is 7. The summed E-state index contributed by atoms with van der Waals surface area (Å²) in [4.78, 5) is 29.7. The molecule has 1 aromatic carbocycles. The quantitative estimate of drug-likeness (QED) is 0.421. The van der Waals surface area contributed by atoms with Crippen molar-refractivity contribution in [2.24, 2.45) is 0 Å². The molecule has 3 fully saturated rings. The van der Waals surface area contributed by atoms with E-state index in [-0.39, 0.29) is 49.3 Å². The van der Waals surface area contributed by atoms with Gasteiger partial charge in [-0.3, -0.25) is 19.6 Å². The van der Waals surface area contributed by atoms with Crippen LogP contribution in [0.3, 0.4) is 0 Å². The third-order valence-electron chi connectivity index (χ3n) is 8.20. The highest BCUT2D eigenvalue weighted by molar-refractivity contribution is 6.04. The molecule has 3 aliphatic rings. The molecule has 1 saturated heterocycles. The average Bonchev–Trinajstić information content (AvgIpc) is 3.45. The Morgan fingerprint density at radius 3 is 2.36 bits per heavy atom. The van der Waals surface area contributed by atoms with Crippen LogP contribution >= 0.6 is 0 Å². The number of aromatic nitrogens is 2. The SMILES string of the molecule is CC(C)(C)c1ccc(N(C(=O)C2CC(O)CN2)C(C(=O)NC2CCC(F)(F)CC2)c2cn[nH]c2C2CC2)cc1. The number of aliphatic hydroxyl groups is 1. The number of halogens is 2. The van der Waals surface area contributed by atoms with Crippen molar-refractivity contribution in [2.45, 2.75) is 107 Å². The van der Waals surface area contributed by atoms with Gasteiger partial charge < -0.3 is 15.7 Å². The summed E-state index contributed by atoms with van der Waals surface area (Å²) in [5.41, 5.74) is 2.97. The van der Waals surface area contributed by atoms with E-state index in [1.807, 2.05) is 24.3 Å². The standard InChI is InChI=1S/C29H39F2N5O3/c1-28(2,3)18-6-8-20(9-7-18)36(27(39)23-14-21(37)15-32-23)25(22-16-33-35-24(22)17-4-5-17)26(38)34-19-10-12-29(30,31)13-11-19/h6-9,16-17,19,21,23,25,32,37H,4-5,10-15H2,1-3H3,(H,33,35)(H,34,38). The van der Waals surface area contributed by atoms with Crippen molar-refractivity contribution < 1.29 is 23.5 Å². The molecule has 3 unspecified atom stereocenters. The zero-order valence-electron chi connectivity index (χ0n) is 22.8. The normalized spacial score (nSPS) is 24.4. The van der Waals surface area contributed by atoms with Crippen LogP contribution in [0.4, 0.5) is 14.5 Å². The van der Waals surface area contributed by atoms with Gasteiger partial charge in [0.15, 0.2) is 0 Å². The van der Waals surface area contributed by atoms with Gasteiger partial charge in [-0.15, -0.1) is 0 Å². The Kier molecular flexibility index (Phi) is 7.54. The van der Waals surface area contributed by atoms with Gasteiger partial charge in [0.25, 0.3) is 0 Å². The lowest BCUT2D eigenvalue weighted by atomic mass is 9.87. The van der Waals surface area contributed by atoms with Gasteiger partial charge in [-0.25, -0.2) is 8.78 Å². The first-order chi connectivity index (χ1) is 18.4. The number of hydrogen-bond acceptors (Lipinski definition) is 5. The lowest BCUT2D eigenvalue weighted by Gasteiger charge is -2.35. The van der Waals surface area contributed by atoms with E-state index in [0.29, 0.717) is 17.8 Å². The molecule has 1 aromatic heterocycles. The number of nitrogens with one attached hydrogen (secondary N) is 3. The van der Waals surface area contributed by atoms with Crippen LogP contribution in [0.15, 0.2) is 30.5 Å². The maximum absolute atomic E-state index is 14.1. The number of H-pyrrole nitrogens is 1. The van der Waals surface area contributed by atoms with E-state index in [2.05, 4.69) is 41.6 Å². The second kappa shape index (κ2) is 10.6. The fourth-order valence-corrected chi connectivity index (χ4v) is 5.68. The van der Waals surface area contributed by atoms with Crippen LogP contribution in [0, 0.1) is 0 Å². The molecule has 39 heavy (non-hydrogen) atoms. The van der Waals surface area contributed by atoms with Gasteiger partial charge in [0.05, 0.1) is 18.3 Å². The maximum Gasteiger partial charge on any atom is 0.248 e. The summed E-state index contributed by atoms with van der Waals surface area (Å²) in [7, 11) is 0. The third-order valence-corrected chi connectivity index (χ3v) is 8.20. The molecule has 5 rings (SSSR count). The number of hydrogen-bond donors (Lipinski definition) is 4. The largest absolute Gasteiger partial charge is 0.392 e. The highest BCUT2D eigenvalue weighted by Crippen LogP contribution is 2.44. The summed E-state index contributed by atoms with van der Waals surface area (Å²) in [6.07, 6.45) is 2.92. The molecule has 2 heterocycles. The highest BCUT2D eigenvalue weighted by atomic mass is 19.3. The number of anilines is 1. The smallest absolute Gasteiger partial charge is 0.248 e. The molecule has 212 valence electrons. The number of carbonyl (C=O) groups is 2. The van der Waals surface area contributed by atoms with Crippen molar-refractivity contribution >= 4 is 17.5 Å². The lowest BCUT2D eigenvalue weighted by Crippen LogP contribution is -2.52. The first kappa shape index (κ1) is 27.7. The van der Waals surface area contributed by atoms with E-state index in [1.165, 1.54) is 4.90 Å². The monoisotopic (exact) mass is 543 g/mol. The van der Waals surface area contributed by atoms with Crippen LogP contribution in [0.25, 0.3) is 0 Å². The summed E-state index contributed by atoms with van der Waals surface area (Å²) in [6.45, 7) is 6.60. The predicted molar refractivity (Wildman–Crippen MR) is 144 cm³/mol. The Morgan fingerprint density at radius 1 is 1.13 bits per heavy atom. The van der Waals surface area contributed by atoms with E-state index in [4.69, 9.17) is 0 Å². The van der Waals surface area contributed by atoms with E-state index in [0.717, 1.165) is 24.1 Å². The van der Waals surface area contributed by atoms with Gasteiger partial charge in [0.2, 0.25) is 17.7 Å². The zero-order chi connectivity index (χ0) is 27.9. The van der Waals surface area contributed by atoms with Gasteiger partial charge in [0.1, 0.15) is 6.04 Å². The van der Waals surface area contributed by atoms with Crippen LogP contribution in [0.2, 0.25) is 0 Å². The Hall–Kier alpha value is -2.85. The number of amides is 2. The molecule has 3 atom stereocenters. The summed E-state index contributed by atoms with van der Waals surface area (Å²) in [5, 5.41) is 23.5. The Balaban J connectivity index is 1.54. The molecule has 2 amide bonds. The molecule has 2 saturated carbocycles. The number of benzene rings is 1. The van der Waals surface area contributed by atoms with Crippen molar-refractivity contribution in [3.05, 3.63) is 47.3 Å². The summed E-state index contributed by atoms with van der Waals surface area (Å²) in [5.74, 6) is -3.22. The molecule has 0 radical (unpaired) electrons. The summed E-state index contributed by atoms with van der Waals surface area (Å²) >= 11 is 0. The van der Waals surface area contributed by atoms with Crippen molar-refractivity contribution in [1.29, 1.82) is 0 Å². The minimum Gasteiger partial charge on any atom is -0.392 e. The molecule has 4 N–H and O–H groups in total. The van der Waals surface area contributed by atoms with E-state index < -0.39 is 36.1 Å². The van der Waals surface area contributed by atoms with Crippen LogP contribution in [0.1, 0.15) is 94.5 Å². The van der Waals surface area contributed by atoms with Crippen molar-refractivity contribution in [2.75, 3.05) is 11.4 Å². The van der Waals surface area contributed by atoms with Gasteiger partial charge in [-0.2, -0.15) is 5.10 Å². The number of carbonyl (C=O) groups excluding carboxylic acids is 2. The van der Waals surface area contributed by atoms with Gasteiger partial charge in [0, 0.05) is 48.3 Å². The fraction of sp³-hybridized carbons (Fsp3) is 0.621. The number of alkyl halides is 2. The number of aromatic amines is 1. The Labute approximate surface area is 227 Å². The molecular formula is C29H39F2N5O3. The summed E-state index contributed by atoms with van der Waals surface area (Å²) < 4.78 is 27.6. The second-order valence-corrected chi connectivity index (χ2v) is 12.4. The van der Waals surface area contributed by atoms with Gasteiger partial charge in [-0.1, -0.05) is 32.9 Å². The van der Waals surface area contributed by atoms with Crippen LogP contribution in [-0.4, -0.2) is 57.8 Å². The molecule has 10 heteroatoms. The molecule has 0 spiro atoms. The summed E-state index contributed by atoms with van der Waals surface area (Å²) in [6, 6.07) is 5.51. The van der Waals surface area contributed by atoms with Crippen LogP contribution in [0.5, 0.6) is 0 Å². The molecule has 2 aliphatic carbocycles. The van der Waals surface area contributed by atoms with Crippen molar-refractivity contribution in [1.82, 2.24) is 20.8 Å². The minimum atomic E-state index is -2.71. The fourth-order valence-electron chi connectivity index (χ4n) is 5.68. The highest BCUT2D eigenvalue weighted by Gasteiger charge is 2.43. The maximum atomic E-state index is 14.1. The molecular weight excluding hydrogens is 504 g/mol. The number of aliphatic hydroxyl groups excluding tert-OH is 1. The molecule has 0 bridgehead atoms. The zero-order valence-corrected chi connectivity index (χ0v) is 22.8. The third kappa shape index (κ3) is 6.17. The first-order valence-electron chi connectivity index (χ1n) is 14.0. The number of nitrogens with zero attached hydrogens (tertiary/aromatic N) is 2. The van der Waals surface area contributed by atoms with E-state index in [9.17, 15) is 23.5 Å². The van der Waals surface area contributed by atoms with Crippen molar-refractivity contribution in [3.63, 3.8) is 0 Å². The second-order valence-electron chi connectivity index (χ2n) is 12.4. The molecule has 2 aromatic rings. The van der Waals surface area contributed by atoms with E-state index >= 15 is 0 Å². The predicted octanol–water partition coefficient (Wildman–Crippen LogP) is 4.08. The molecule has 1 aliphatic heterocycles. The number of β-amino-alcohol motifs (C(OH)–C–C–N with tert-alkyl or cyclic N) is 1. The van der Waals surface area contributed by atoms with Gasteiger partial charge >= 0.3 is 0 Å². The topological polar surface area (TPSA) is 110 Å². The Morgan fingerprint density at radius 2 is 1.79 bits per heavy atom. The first-order valence-corrected chi connectivity index (χ1v) is 14.0. The van der Waals surface area contributed by atoms with E-state index in [1.54, 1.807) is 6.20 Å². The minimum absolute atomic E-state index is 0.103. The van der Waals surface area contributed by atoms with Crippen molar-refractivity contribution in [3.8, 4) is 0 Å². The van der Waals surface area contributed by atoms with Gasteiger partial charge in [-0.05, 0) is 55.2 Å². The lowest BCUT2D eigenvalue weighted by molar-refractivity contribution is -0.128. The van der Waals surface area contributed by atoms with Crippen LogP contribution in [-0.2, 0) is 15.0 Å². The average molecular weight is 544 g/mol. The Bertz CT molecular complexity index is 1180. The molecule has 8 nitrogen and oxygen atoms in total.